The molecule has 0 saturated carbocycles. The molecule has 2 unspecified atom stereocenters. The maximum Gasteiger partial charge on any atom is 0.407 e. The van der Waals surface area contributed by atoms with Crippen LogP contribution in [0.3, 0.4) is 0 Å². The van der Waals surface area contributed by atoms with Crippen molar-refractivity contribution < 1.29 is 14.3 Å². The van der Waals surface area contributed by atoms with Gasteiger partial charge < -0.3 is 14.8 Å². The summed E-state index contributed by atoms with van der Waals surface area (Å²) in [5.41, 5.74) is 0. The molecule has 1 aliphatic heterocycles. The summed E-state index contributed by atoms with van der Waals surface area (Å²) < 4.78 is 9.65. The van der Waals surface area contributed by atoms with E-state index in [1.54, 1.807) is 7.11 Å². The van der Waals surface area contributed by atoms with Gasteiger partial charge in [0.25, 0.3) is 0 Å². The topological polar surface area (TPSA) is 47.6 Å². The molecular formula is C6H11NO3. The fourth-order valence-electron chi connectivity index (χ4n) is 0.817. The third kappa shape index (κ3) is 1.39. The maximum atomic E-state index is 10.5. The molecule has 0 aromatic rings. The molecule has 4 heteroatoms. The van der Waals surface area contributed by atoms with Gasteiger partial charge in [0.15, 0.2) is 0 Å². The molecule has 0 bridgehead atoms. The van der Waals surface area contributed by atoms with Crippen molar-refractivity contribution in [2.24, 2.45) is 0 Å². The summed E-state index contributed by atoms with van der Waals surface area (Å²) in [6.07, 6.45) is -0.333. The number of hydrogen-bond acceptors (Lipinski definition) is 3. The molecule has 0 spiro atoms. The number of ether oxygens (including phenoxy) is 2. The van der Waals surface area contributed by atoms with Crippen molar-refractivity contribution in [2.45, 2.75) is 19.1 Å². The van der Waals surface area contributed by atoms with Gasteiger partial charge >= 0.3 is 6.09 Å². The summed E-state index contributed by atoms with van der Waals surface area (Å²) in [5, 5.41) is 2.62. The summed E-state index contributed by atoms with van der Waals surface area (Å²) in [4.78, 5) is 10.5. The highest BCUT2D eigenvalue weighted by molar-refractivity contribution is 5.69. The summed E-state index contributed by atoms with van der Waals surface area (Å²) >= 11 is 0. The van der Waals surface area contributed by atoms with Gasteiger partial charge in [-0.3, -0.25) is 0 Å². The normalized spacial score (nSPS) is 27.4. The second kappa shape index (κ2) is 2.88. The first-order chi connectivity index (χ1) is 4.74. The number of rotatable bonds is 2. The van der Waals surface area contributed by atoms with Crippen LogP contribution in [0, 0.1) is 0 Å². The molecule has 0 aromatic heterocycles. The first-order valence-electron chi connectivity index (χ1n) is 3.20. The lowest BCUT2D eigenvalue weighted by Gasteiger charge is -2.13. The Balaban J connectivity index is 2.36. The van der Waals surface area contributed by atoms with Crippen LogP contribution in [0.25, 0.3) is 0 Å². The largest absolute Gasteiger partial charge is 0.447 e. The van der Waals surface area contributed by atoms with E-state index in [2.05, 4.69) is 10.1 Å². The van der Waals surface area contributed by atoms with Gasteiger partial charge in [0.1, 0.15) is 6.61 Å². The highest BCUT2D eigenvalue weighted by atomic mass is 16.6. The van der Waals surface area contributed by atoms with Crippen LogP contribution in [-0.2, 0) is 9.47 Å². The van der Waals surface area contributed by atoms with Gasteiger partial charge in [-0.1, -0.05) is 0 Å². The van der Waals surface area contributed by atoms with Gasteiger partial charge in [-0.2, -0.15) is 0 Å². The van der Waals surface area contributed by atoms with E-state index in [4.69, 9.17) is 4.74 Å². The predicted molar refractivity (Wildman–Crippen MR) is 34.7 cm³/mol. The number of alkyl carbamates (subject to hydrolysis) is 1. The Morgan fingerprint density at radius 3 is 3.00 bits per heavy atom. The molecule has 10 heavy (non-hydrogen) atoms. The van der Waals surface area contributed by atoms with E-state index < -0.39 is 0 Å². The van der Waals surface area contributed by atoms with E-state index in [0.717, 1.165) is 0 Å². The molecule has 1 fully saturated rings. The second-order valence-electron chi connectivity index (χ2n) is 2.29. The van der Waals surface area contributed by atoms with Gasteiger partial charge in [0, 0.05) is 7.11 Å². The molecule has 58 valence electrons. The first kappa shape index (κ1) is 7.34. The first-order valence-corrected chi connectivity index (χ1v) is 3.20. The van der Waals surface area contributed by atoms with E-state index >= 15 is 0 Å². The Morgan fingerprint density at radius 1 is 1.90 bits per heavy atom. The quantitative estimate of drug-likeness (QED) is 0.600. The molecule has 1 aliphatic rings. The number of nitrogens with one attached hydrogen (secondary N) is 1. The minimum absolute atomic E-state index is 0.0116. The molecule has 1 amide bonds. The zero-order valence-corrected chi connectivity index (χ0v) is 6.09. The van der Waals surface area contributed by atoms with Gasteiger partial charge in [-0.05, 0) is 6.92 Å². The molecular weight excluding hydrogens is 134 g/mol. The second-order valence-corrected chi connectivity index (χ2v) is 2.29. The molecule has 2 atom stereocenters. The van der Waals surface area contributed by atoms with E-state index in [9.17, 15) is 4.79 Å². The molecule has 1 rings (SSSR count). The van der Waals surface area contributed by atoms with Crippen molar-refractivity contribution in [1.82, 2.24) is 5.32 Å². The van der Waals surface area contributed by atoms with E-state index in [1.165, 1.54) is 0 Å². The lowest BCUT2D eigenvalue weighted by atomic mass is 10.2. The van der Waals surface area contributed by atoms with Crippen LogP contribution in [0.15, 0.2) is 0 Å². The molecule has 1 saturated heterocycles. The van der Waals surface area contributed by atoms with Crippen molar-refractivity contribution in [3.63, 3.8) is 0 Å². The fraction of sp³-hybridized carbons (Fsp3) is 0.833. The van der Waals surface area contributed by atoms with Gasteiger partial charge in [0.2, 0.25) is 0 Å². The van der Waals surface area contributed by atoms with Crippen molar-refractivity contribution in [3.05, 3.63) is 0 Å². The summed E-state index contributed by atoms with van der Waals surface area (Å²) in [7, 11) is 1.61. The van der Waals surface area contributed by atoms with E-state index in [-0.39, 0.29) is 18.2 Å². The fourth-order valence-corrected chi connectivity index (χ4v) is 0.817. The van der Waals surface area contributed by atoms with Crippen LogP contribution in [0.2, 0.25) is 0 Å². The van der Waals surface area contributed by atoms with Crippen LogP contribution in [-0.4, -0.2) is 32.0 Å². The standard InChI is InChI=1S/C6H11NO3/c1-4(9-2)5-3-10-6(8)7-5/h4-5H,3H2,1-2H3,(H,7,8). The van der Waals surface area contributed by atoms with E-state index in [0.29, 0.717) is 6.61 Å². The smallest absolute Gasteiger partial charge is 0.407 e. The van der Waals surface area contributed by atoms with Crippen LogP contribution in [0.4, 0.5) is 4.79 Å². The Morgan fingerprint density at radius 2 is 2.60 bits per heavy atom. The summed E-state index contributed by atoms with van der Waals surface area (Å²) in [5.74, 6) is 0. The zero-order valence-electron chi connectivity index (χ0n) is 6.09. The van der Waals surface area contributed by atoms with Gasteiger partial charge in [-0.15, -0.1) is 0 Å². The number of carbonyl (C=O) groups excluding carboxylic acids is 1. The molecule has 0 radical (unpaired) electrons. The average molecular weight is 145 g/mol. The number of amides is 1. The highest BCUT2D eigenvalue weighted by Crippen LogP contribution is 2.04. The third-order valence-corrected chi connectivity index (χ3v) is 1.64. The monoisotopic (exact) mass is 145 g/mol. The minimum atomic E-state index is -0.353. The zero-order chi connectivity index (χ0) is 7.56. The Kier molecular flexibility index (Phi) is 2.11. The lowest BCUT2D eigenvalue weighted by molar-refractivity contribution is 0.0839. The van der Waals surface area contributed by atoms with Crippen molar-refractivity contribution in [2.75, 3.05) is 13.7 Å². The number of hydrogen-bond donors (Lipinski definition) is 1. The maximum absolute atomic E-state index is 10.5. The number of methoxy groups -OCH3 is 1. The average Bonchev–Trinajstić information content (AvgIpc) is 2.34. The van der Waals surface area contributed by atoms with E-state index in [1.807, 2.05) is 6.92 Å². The third-order valence-electron chi connectivity index (χ3n) is 1.64. The van der Waals surface area contributed by atoms with Gasteiger partial charge in [0.05, 0.1) is 12.1 Å². The Bertz CT molecular complexity index is 137. The molecule has 0 aliphatic carbocycles. The van der Waals surface area contributed by atoms with Crippen molar-refractivity contribution in [3.8, 4) is 0 Å². The van der Waals surface area contributed by atoms with Gasteiger partial charge in [-0.25, -0.2) is 4.79 Å². The predicted octanol–water partition coefficient (Wildman–Crippen LogP) is 0.130. The highest BCUT2D eigenvalue weighted by Gasteiger charge is 2.26. The van der Waals surface area contributed by atoms with Crippen molar-refractivity contribution in [1.29, 1.82) is 0 Å². The lowest BCUT2D eigenvalue weighted by Crippen LogP contribution is -2.37. The summed E-state index contributed by atoms with van der Waals surface area (Å²) in [6, 6.07) is 0.0116. The van der Waals surface area contributed by atoms with Crippen LogP contribution >= 0.6 is 0 Å². The Hall–Kier alpha value is -0.770. The van der Waals surface area contributed by atoms with Crippen LogP contribution in [0.5, 0.6) is 0 Å². The summed E-state index contributed by atoms with van der Waals surface area (Å²) in [6.45, 7) is 2.30. The molecule has 4 nitrogen and oxygen atoms in total. The van der Waals surface area contributed by atoms with Crippen molar-refractivity contribution >= 4 is 6.09 Å². The molecule has 0 aromatic carbocycles. The molecule has 1 heterocycles. The Labute approximate surface area is 59.5 Å². The van der Waals surface area contributed by atoms with Crippen LogP contribution < -0.4 is 5.32 Å². The SMILES string of the molecule is COC(C)C1COC(=O)N1. The minimum Gasteiger partial charge on any atom is -0.447 e. The number of cyclic esters (lactones) is 1. The molecule has 1 N–H and O–H groups in total. The van der Waals surface area contributed by atoms with Crippen LogP contribution in [0.1, 0.15) is 6.92 Å². The number of carbonyl (C=O) groups is 1.